The van der Waals surface area contributed by atoms with Crippen molar-refractivity contribution >= 4 is 34.8 Å². The third kappa shape index (κ3) is 5.23. The van der Waals surface area contributed by atoms with E-state index in [1.54, 1.807) is 46.5 Å². The van der Waals surface area contributed by atoms with E-state index in [9.17, 15) is 14.4 Å². The van der Waals surface area contributed by atoms with E-state index >= 15 is 0 Å². The van der Waals surface area contributed by atoms with Crippen molar-refractivity contribution < 1.29 is 14.4 Å². The first-order valence-electron chi connectivity index (χ1n) is 11.1. The zero-order valence-corrected chi connectivity index (χ0v) is 19.3. The smallest absolute Gasteiger partial charge is 0.321 e. The van der Waals surface area contributed by atoms with Crippen LogP contribution in [0.25, 0.3) is 0 Å². The van der Waals surface area contributed by atoms with E-state index in [0.717, 1.165) is 11.4 Å². The van der Waals surface area contributed by atoms with Crippen LogP contribution in [0.15, 0.2) is 73.1 Å². The highest BCUT2D eigenvalue weighted by Crippen LogP contribution is 2.23. The Kier molecular flexibility index (Phi) is 6.87. The van der Waals surface area contributed by atoms with Crippen molar-refractivity contribution in [2.45, 2.75) is 6.92 Å². The van der Waals surface area contributed by atoms with Crippen LogP contribution in [-0.2, 0) is 0 Å². The van der Waals surface area contributed by atoms with Crippen LogP contribution in [-0.4, -0.2) is 65.7 Å². The van der Waals surface area contributed by atoms with Gasteiger partial charge in [-0.05, 0) is 67.6 Å². The number of piperazine rings is 1. The second-order valence-corrected chi connectivity index (χ2v) is 8.15. The maximum Gasteiger partial charge on any atom is 0.321 e. The molecule has 1 aliphatic rings. The van der Waals surface area contributed by atoms with E-state index in [1.165, 1.54) is 6.92 Å². The molecule has 8 heteroatoms. The molecule has 2 aromatic carbocycles. The van der Waals surface area contributed by atoms with Crippen LogP contribution in [0.3, 0.4) is 0 Å². The summed E-state index contributed by atoms with van der Waals surface area (Å²) >= 11 is 0. The first-order chi connectivity index (χ1) is 16.4. The number of ketones is 1. The van der Waals surface area contributed by atoms with E-state index in [4.69, 9.17) is 0 Å². The molecular weight excluding hydrogens is 430 g/mol. The maximum absolute atomic E-state index is 13.0. The summed E-state index contributed by atoms with van der Waals surface area (Å²) in [6.45, 7) is 3.34. The molecule has 1 aromatic heterocycles. The van der Waals surface area contributed by atoms with Gasteiger partial charge in [-0.3, -0.25) is 14.6 Å². The number of nitrogens with zero attached hydrogens (tertiary/aromatic N) is 4. The van der Waals surface area contributed by atoms with E-state index in [-0.39, 0.29) is 17.7 Å². The second kappa shape index (κ2) is 10.2. The summed E-state index contributed by atoms with van der Waals surface area (Å²) < 4.78 is 0. The van der Waals surface area contributed by atoms with Gasteiger partial charge in [0.05, 0.1) is 0 Å². The molecular formula is C26H27N5O3. The second-order valence-electron chi connectivity index (χ2n) is 8.15. The zero-order valence-electron chi connectivity index (χ0n) is 19.3. The van der Waals surface area contributed by atoms with Gasteiger partial charge in [0.25, 0.3) is 5.91 Å². The molecule has 0 aliphatic carbocycles. The molecule has 34 heavy (non-hydrogen) atoms. The van der Waals surface area contributed by atoms with Crippen LogP contribution in [0, 0.1) is 0 Å². The first kappa shape index (κ1) is 23.0. The summed E-state index contributed by atoms with van der Waals surface area (Å²) in [7, 11) is 1.97. The fourth-order valence-corrected chi connectivity index (χ4v) is 3.83. The summed E-state index contributed by atoms with van der Waals surface area (Å²) in [5.74, 6) is -0.0629. The quantitative estimate of drug-likeness (QED) is 0.585. The molecule has 174 valence electrons. The lowest BCUT2D eigenvalue weighted by atomic mass is 10.1. The Bertz CT molecular complexity index is 1160. The standard InChI is InChI=1S/C26H27N5O3/c1-19(32)20-3-7-22(8-4-20)28-26(34)31-17-15-30(16-18-31)25(33)21-5-9-23(10-6-21)29(2)24-11-13-27-14-12-24/h3-14H,15-18H2,1-2H3,(H,28,34). The molecule has 1 N–H and O–H groups in total. The van der Waals surface area contributed by atoms with Crippen molar-refractivity contribution in [2.24, 2.45) is 0 Å². The van der Waals surface area contributed by atoms with Crippen molar-refractivity contribution in [2.75, 3.05) is 43.4 Å². The summed E-state index contributed by atoms with van der Waals surface area (Å²) in [6.07, 6.45) is 3.49. The summed E-state index contributed by atoms with van der Waals surface area (Å²) in [5, 5.41) is 2.85. The number of anilines is 3. The number of aromatic nitrogens is 1. The van der Waals surface area contributed by atoms with Gasteiger partial charge in [-0.2, -0.15) is 0 Å². The van der Waals surface area contributed by atoms with Crippen molar-refractivity contribution in [1.29, 1.82) is 0 Å². The molecule has 0 unspecified atom stereocenters. The average molecular weight is 458 g/mol. The normalized spacial score (nSPS) is 13.4. The fourth-order valence-electron chi connectivity index (χ4n) is 3.83. The van der Waals surface area contributed by atoms with Gasteiger partial charge in [0.15, 0.2) is 5.78 Å². The molecule has 3 aromatic rings. The minimum Gasteiger partial charge on any atom is -0.345 e. The maximum atomic E-state index is 13.0. The number of amides is 3. The molecule has 2 heterocycles. The lowest BCUT2D eigenvalue weighted by Crippen LogP contribution is -2.51. The van der Waals surface area contributed by atoms with Gasteiger partial charge in [0.2, 0.25) is 0 Å². The Morgan fingerprint density at radius 1 is 0.765 bits per heavy atom. The van der Waals surface area contributed by atoms with Gasteiger partial charge >= 0.3 is 6.03 Å². The third-order valence-corrected chi connectivity index (χ3v) is 5.95. The minimum absolute atomic E-state index is 0.0194. The Morgan fingerprint density at radius 2 is 1.29 bits per heavy atom. The molecule has 0 bridgehead atoms. The molecule has 1 saturated heterocycles. The largest absolute Gasteiger partial charge is 0.345 e. The molecule has 1 fully saturated rings. The van der Waals surface area contributed by atoms with Crippen LogP contribution in [0.4, 0.5) is 21.9 Å². The van der Waals surface area contributed by atoms with Gasteiger partial charge in [0, 0.05) is 73.8 Å². The zero-order chi connectivity index (χ0) is 24.1. The number of rotatable bonds is 5. The van der Waals surface area contributed by atoms with Crippen LogP contribution < -0.4 is 10.2 Å². The molecule has 0 radical (unpaired) electrons. The van der Waals surface area contributed by atoms with Gasteiger partial charge in [-0.25, -0.2) is 4.79 Å². The summed E-state index contributed by atoms with van der Waals surface area (Å²) in [4.78, 5) is 46.5. The summed E-state index contributed by atoms with van der Waals surface area (Å²) in [6, 6.07) is 18.0. The number of pyridine rings is 1. The molecule has 0 atom stereocenters. The molecule has 0 saturated carbocycles. The van der Waals surface area contributed by atoms with Gasteiger partial charge in [-0.15, -0.1) is 0 Å². The molecule has 3 amide bonds. The van der Waals surface area contributed by atoms with Crippen LogP contribution in [0.1, 0.15) is 27.6 Å². The van der Waals surface area contributed by atoms with Gasteiger partial charge < -0.3 is 20.0 Å². The lowest BCUT2D eigenvalue weighted by Gasteiger charge is -2.34. The number of nitrogens with one attached hydrogen (secondary N) is 1. The van der Waals surface area contributed by atoms with E-state index < -0.39 is 0 Å². The molecule has 0 spiro atoms. The van der Waals surface area contributed by atoms with E-state index in [0.29, 0.717) is 43.0 Å². The number of hydrogen-bond donors (Lipinski definition) is 1. The molecule has 8 nitrogen and oxygen atoms in total. The third-order valence-electron chi connectivity index (χ3n) is 5.95. The average Bonchev–Trinajstić information content (AvgIpc) is 2.89. The van der Waals surface area contributed by atoms with Crippen molar-refractivity contribution in [3.8, 4) is 0 Å². The monoisotopic (exact) mass is 457 g/mol. The number of hydrogen-bond acceptors (Lipinski definition) is 5. The van der Waals surface area contributed by atoms with E-state index in [2.05, 4.69) is 10.3 Å². The predicted octanol–water partition coefficient (Wildman–Crippen LogP) is 4.04. The van der Waals surface area contributed by atoms with E-state index in [1.807, 2.05) is 48.3 Å². The number of carbonyl (C=O) groups is 3. The molecule has 4 rings (SSSR count). The predicted molar refractivity (Wildman–Crippen MR) is 132 cm³/mol. The van der Waals surface area contributed by atoms with Crippen LogP contribution in [0.5, 0.6) is 0 Å². The Morgan fingerprint density at radius 3 is 1.88 bits per heavy atom. The Balaban J connectivity index is 1.30. The van der Waals surface area contributed by atoms with Crippen molar-refractivity contribution in [3.63, 3.8) is 0 Å². The number of carbonyl (C=O) groups excluding carboxylic acids is 3. The van der Waals surface area contributed by atoms with Crippen molar-refractivity contribution in [3.05, 3.63) is 84.2 Å². The van der Waals surface area contributed by atoms with Gasteiger partial charge in [0.1, 0.15) is 0 Å². The highest BCUT2D eigenvalue weighted by atomic mass is 16.2. The highest BCUT2D eigenvalue weighted by Gasteiger charge is 2.25. The minimum atomic E-state index is -0.217. The van der Waals surface area contributed by atoms with Crippen LogP contribution >= 0.6 is 0 Å². The van der Waals surface area contributed by atoms with Gasteiger partial charge in [-0.1, -0.05) is 0 Å². The van der Waals surface area contributed by atoms with Crippen LogP contribution in [0.2, 0.25) is 0 Å². The first-order valence-corrected chi connectivity index (χ1v) is 11.1. The fraction of sp³-hybridized carbons (Fsp3) is 0.231. The van der Waals surface area contributed by atoms with Crippen molar-refractivity contribution in [1.82, 2.24) is 14.8 Å². The Labute approximate surface area is 198 Å². The number of urea groups is 1. The topological polar surface area (TPSA) is 85.8 Å². The Hall–Kier alpha value is -4.20. The molecule has 1 aliphatic heterocycles. The summed E-state index contributed by atoms with van der Waals surface area (Å²) in [5.41, 5.74) is 3.83. The number of benzene rings is 2. The highest BCUT2D eigenvalue weighted by molar-refractivity contribution is 5.96. The lowest BCUT2D eigenvalue weighted by molar-refractivity contribution is 0.0671. The number of Topliss-reactive ketones (excluding diaryl/α,β-unsaturated/α-hetero) is 1. The SMILES string of the molecule is CC(=O)c1ccc(NC(=O)N2CCN(C(=O)c3ccc(N(C)c4ccncc4)cc3)CC2)cc1.